The zero-order chi connectivity index (χ0) is 9.97. The van der Waals surface area contributed by atoms with E-state index >= 15 is 0 Å². The van der Waals surface area contributed by atoms with Crippen LogP contribution in [0.15, 0.2) is 12.4 Å². The molecule has 14 heavy (non-hydrogen) atoms. The Morgan fingerprint density at radius 2 is 2.57 bits per heavy atom. The van der Waals surface area contributed by atoms with Gasteiger partial charge in [0.2, 0.25) is 5.91 Å². The molecule has 0 aromatic carbocycles. The molecule has 76 valence electrons. The molecule has 1 aromatic rings. The van der Waals surface area contributed by atoms with Crippen molar-refractivity contribution in [2.75, 3.05) is 0 Å². The van der Waals surface area contributed by atoms with Gasteiger partial charge in [-0.1, -0.05) is 0 Å². The number of amides is 1. The maximum absolute atomic E-state index is 11.0. The number of carbonyl (C=O) groups is 1. The third kappa shape index (κ3) is 1.77. The summed E-state index contributed by atoms with van der Waals surface area (Å²) in [5, 5.41) is 11.8. The number of nitrogens with zero attached hydrogens (tertiary/aromatic N) is 2. The van der Waals surface area contributed by atoms with E-state index in [-0.39, 0.29) is 18.6 Å². The van der Waals surface area contributed by atoms with Crippen molar-refractivity contribution in [2.24, 2.45) is 0 Å². The van der Waals surface area contributed by atoms with Crippen molar-refractivity contribution in [3.63, 3.8) is 0 Å². The van der Waals surface area contributed by atoms with Gasteiger partial charge >= 0.3 is 0 Å². The third-order valence-electron chi connectivity index (χ3n) is 2.45. The molecule has 1 fully saturated rings. The Labute approximate surface area is 81.8 Å². The van der Waals surface area contributed by atoms with Crippen molar-refractivity contribution in [1.29, 1.82) is 0 Å². The molecular formula is C9H13N3O2. The van der Waals surface area contributed by atoms with Gasteiger partial charge in [0.15, 0.2) is 0 Å². The SMILES string of the molecule is O=C1CCC(Cn2ccnc2CO)N1. The van der Waals surface area contributed by atoms with Gasteiger partial charge in [-0.25, -0.2) is 4.98 Å². The number of aliphatic hydroxyl groups is 1. The molecule has 5 nitrogen and oxygen atoms in total. The molecule has 1 aliphatic rings. The molecule has 1 saturated heterocycles. The third-order valence-corrected chi connectivity index (χ3v) is 2.45. The zero-order valence-corrected chi connectivity index (χ0v) is 7.81. The molecule has 1 amide bonds. The average molecular weight is 195 g/mol. The molecule has 2 N–H and O–H groups in total. The topological polar surface area (TPSA) is 67.2 Å². The first-order valence-electron chi connectivity index (χ1n) is 4.70. The van der Waals surface area contributed by atoms with Crippen molar-refractivity contribution in [3.8, 4) is 0 Å². The quantitative estimate of drug-likeness (QED) is 0.693. The normalized spacial score (nSPS) is 21.2. The van der Waals surface area contributed by atoms with E-state index in [1.54, 1.807) is 6.20 Å². The Kier molecular flexibility index (Phi) is 2.49. The largest absolute Gasteiger partial charge is 0.388 e. The first-order chi connectivity index (χ1) is 6.79. The number of hydrogen-bond acceptors (Lipinski definition) is 3. The lowest BCUT2D eigenvalue weighted by Gasteiger charge is -2.12. The summed E-state index contributed by atoms with van der Waals surface area (Å²) in [6.07, 6.45) is 4.94. The van der Waals surface area contributed by atoms with Crippen molar-refractivity contribution in [1.82, 2.24) is 14.9 Å². The number of nitrogens with one attached hydrogen (secondary N) is 1. The molecule has 0 aliphatic carbocycles. The highest BCUT2D eigenvalue weighted by molar-refractivity contribution is 5.78. The maximum atomic E-state index is 11.0. The Morgan fingerprint density at radius 3 is 3.21 bits per heavy atom. The van der Waals surface area contributed by atoms with Gasteiger partial charge in [0, 0.05) is 31.4 Å². The van der Waals surface area contributed by atoms with Crippen LogP contribution in [0.25, 0.3) is 0 Å². The zero-order valence-electron chi connectivity index (χ0n) is 7.81. The summed E-state index contributed by atoms with van der Waals surface area (Å²) in [5.41, 5.74) is 0. The van der Waals surface area contributed by atoms with Gasteiger partial charge in [-0.2, -0.15) is 0 Å². The monoisotopic (exact) mass is 195 g/mol. The van der Waals surface area contributed by atoms with Crippen LogP contribution in [-0.4, -0.2) is 26.6 Å². The van der Waals surface area contributed by atoms with E-state index in [4.69, 9.17) is 5.11 Å². The van der Waals surface area contributed by atoms with E-state index in [9.17, 15) is 4.79 Å². The molecule has 1 atom stereocenters. The smallest absolute Gasteiger partial charge is 0.220 e. The predicted molar refractivity (Wildman–Crippen MR) is 49.3 cm³/mol. The Morgan fingerprint density at radius 1 is 1.71 bits per heavy atom. The van der Waals surface area contributed by atoms with Gasteiger partial charge in [0.05, 0.1) is 0 Å². The van der Waals surface area contributed by atoms with E-state index in [1.807, 2.05) is 10.8 Å². The highest BCUT2D eigenvalue weighted by Crippen LogP contribution is 2.10. The van der Waals surface area contributed by atoms with Crippen LogP contribution >= 0.6 is 0 Å². The van der Waals surface area contributed by atoms with E-state index in [0.717, 1.165) is 6.42 Å². The van der Waals surface area contributed by atoms with Crippen molar-refractivity contribution in [3.05, 3.63) is 18.2 Å². The average Bonchev–Trinajstić information content (AvgIpc) is 2.76. The molecule has 1 aliphatic heterocycles. The van der Waals surface area contributed by atoms with Gasteiger partial charge in [-0.15, -0.1) is 0 Å². The summed E-state index contributed by atoms with van der Waals surface area (Å²) in [6, 6.07) is 0.182. The molecule has 0 spiro atoms. The van der Waals surface area contributed by atoms with Crippen LogP contribution in [0.1, 0.15) is 18.7 Å². The van der Waals surface area contributed by atoms with Gasteiger partial charge < -0.3 is 15.0 Å². The molecule has 5 heteroatoms. The summed E-state index contributed by atoms with van der Waals surface area (Å²) in [6.45, 7) is 0.634. The maximum Gasteiger partial charge on any atom is 0.220 e. The van der Waals surface area contributed by atoms with Crippen LogP contribution in [-0.2, 0) is 17.9 Å². The van der Waals surface area contributed by atoms with Crippen LogP contribution in [0.5, 0.6) is 0 Å². The second-order valence-corrected chi connectivity index (χ2v) is 3.46. The van der Waals surface area contributed by atoms with Crippen molar-refractivity contribution >= 4 is 5.91 Å². The highest BCUT2D eigenvalue weighted by atomic mass is 16.3. The molecular weight excluding hydrogens is 182 g/mol. The first kappa shape index (κ1) is 9.21. The molecule has 0 bridgehead atoms. The van der Waals surface area contributed by atoms with Crippen molar-refractivity contribution in [2.45, 2.75) is 32.0 Å². The molecule has 2 heterocycles. The fourth-order valence-electron chi connectivity index (χ4n) is 1.71. The summed E-state index contributed by atoms with van der Waals surface area (Å²) in [7, 11) is 0. The fraction of sp³-hybridized carbons (Fsp3) is 0.556. The molecule has 1 aromatic heterocycles. The van der Waals surface area contributed by atoms with Gasteiger partial charge in [-0.3, -0.25) is 4.79 Å². The minimum Gasteiger partial charge on any atom is -0.388 e. The minimum atomic E-state index is -0.0618. The summed E-state index contributed by atoms with van der Waals surface area (Å²) in [4.78, 5) is 14.9. The summed E-state index contributed by atoms with van der Waals surface area (Å²) >= 11 is 0. The Hall–Kier alpha value is -1.36. The lowest BCUT2D eigenvalue weighted by Crippen LogP contribution is -2.29. The van der Waals surface area contributed by atoms with E-state index < -0.39 is 0 Å². The van der Waals surface area contributed by atoms with Gasteiger partial charge in [0.25, 0.3) is 0 Å². The second kappa shape index (κ2) is 3.79. The predicted octanol–water partition coefficient (Wildman–Crippen LogP) is -0.346. The number of rotatable bonds is 3. The Bertz CT molecular complexity index is 335. The number of imidazole rings is 1. The molecule has 1 unspecified atom stereocenters. The lowest BCUT2D eigenvalue weighted by molar-refractivity contribution is -0.119. The highest BCUT2D eigenvalue weighted by Gasteiger charge is 2.21. The summed E-state index contributed by atoms with van der Waals surface area (Å²) in [5.74, 6) is 0.756. The molecule has 0 saturated carbocycles. The first-order valence-corrected chi connectivity index (χ1v) is 4.70. The minimum absolute atomic E-state index is 0.0618. The van der Waals surface area contributed by atoms with Gasteiger partial charge in [0.1, 0.15) is 12.4 Å². The van der Waals surface area contributed by atoms with E-state index in [2.05, 4.69) is 10.3 Å². The fourth-order valence-corrected chi connectivity index (χ4v) is 1.71. The second-order valence-electron chi connectivity index (χ2n) is 3.46. The van der Waals surface area contributed by atoms with Crippen LogP contribution < -0.4 is 5.32 Å². The van der Waals surface area contributed by atoms with E-state index in [1.165, 1.54) is 0 Å². The van der Waals surface area contributed by atoms with Crippen LogP contribution in [0.3, 0.4) is 0 Å². The molecule has 2 rings (SSSR count). The number of aliphatic hydroxyl groups excluding tert-OH is 1. The molecule has 0 radical (unpaired) electrons. The van der Waals surface area contributed by atoms with Crippen LogP contribution in [0.4, 0.5) is 0 Å². The van der Waals surface area contributed by atoms with Crippen molar-refractivity contribution < 1.29 is 9.90 Å². The van der Waals surface area contributed by atoms with Crippen LogP contribution in [0.2, 0.25) is 0 Å². The Balaban J connectivity index is 2.00. The standard InChI is InChI=1S/C9H13N3O2/c13-6-8-10-3-4-12(8)5-7-1-2-9(14)11-7/h3-4,7,13H,1-2,5-6H2,(H,11,14). The number of carbonyl (C=O) groups excluding carboxylic acids is 1. The van der Waals surface area contributed by atoms with Crippen LogP contribution in [0, 0.1) is 0 Å². The lowest BCUT2D eigenvalue weighted by atomic mass is 10.2. The number of aromatic nitrogens is 2. The van der Waals surface area contributed by atoms with E-state index in [0.29, 0.717) is 18.8 Å². The van der Waals surface area contributed by atoms with Gasteiger partial charge in [-0.05, 0) is 6.42 Å². The summed E-state index contributed by atoms with van der Waals surface area (Å²) < 4.78 is 1.87. The number of hydrogen-bond donors (Lipinski definition) is 2.